The summed E-state index contributed by atoms with van der Waals surface area (Å²) in [6.07, 6.45) is 2.89. The van der Waals surface area contributed by atoms with Crippen LogP contribution >= 0.6 is 11.6 Å². The van der Waals surface area contributed by atoms with Crippen LogP contribution in [0, 0.1) is 0 Å². The number of nitrogens with one attached hydrogen (secondary N) is 1. The van der Waals surface area contributed by atoms with Crippen LogP contribution in [0.1, 0.15) is 12.0 Å². The van der Waals surface area contributed by atoms with Gasteiger partial charge >= 0.3 is 0 Å². The van der Waals surface area contributed by atoms with Crippen molar-refractivity contribution in [1.29, 1.82) is 0 Å². The molecule has 1 aromatic heterocycles. The lowest BCUT2D eigenvalue weighted by atomic mass is 10.2. The van der Waals surface area contributed by atoms with E-state index in [1.807, 2.05) is 19.2 Å². The Balaban J connectivity index is 2.46. The van der Waals surface area contributed by atoms with Crippen LogP contribution in [0.2, 0.25) is 5.02 Å². The van der Waals surface area contributed by atoms with Crippen LogP contribution in [-0.4, -0.2) is 23.3 Å². The van der Waals surface area contributed by atoms with Gasteiger partial charge in [-0.25, -0.2) is 0 Å². The minimum Gasteiger partial charge on any atom is -0.396 e. The molecular formula is C13H17ClN2O. The fraction of sp³-hybridized carbons (Fsp3) is 0.385. The molecule has 2 rings (SSSR count). The minimum absolute atomic E-state index is 0.210. The highest BCUT2D eigenvalue weighted by molar-refractivity contribution is 6.31. The number of benzene rings is 1. The summed E-state index contributed by atoms with van der Waals surface area (Å²) < 4.78 is 2.16. The maximum atomic E-state index is 8.91. The number of hydrogen-bond donors (Lipinski definition) is 2. The van der Waals surface area contributed by atoms with E-state index in [0.29, 0.717) is 0 Å². The molecule has 0 saturated heterocycles. The number of halogens is 1. The zero-order valence-electron chi connectivity index (χ0n) is 9.91. The fourth-order valence-corrected chi connectivity index (χ4v) is 2.26. The minimum atomic E-state index is 0.210. The molecule has 92 valence electrons. The van der Waals surface area contributed by atoms with E-state index in [-0.39, 0.29) is 6.61 Å². The highest BCUT2D eigenvalue weighted by Crippen LogP contribution is 2.25. The number of rotatable bonds is 5. The molecule has 0 aliphatic carbocycles. The second-order valence-electron chi connectivity index (χ2n) is 4.12. The Morgan fingerprint density at radius 2 is 2.24 bits per heavy atom. The number of nitrogens with zero attached hydrogens (tertiary/aromatic N) is 1. The predicted octanol–water partition coefficient (Wildman–Crippen LogP) is 2.40. The van der Waals surface area contributed by atoms with Gasteiger partial charge in [-0.1, -0.05) is 17.7 Å². The van der Waals surface area contributed by atoms with Crippen molar-refractivity contribution in [3.63, 3.8) is 0 Å². The average Bonchev–Trinajstić information content (AvgIpc) is 2.65. The van der Waals surface area contributed by atoms with Crippen molar-refractivity contribution in [2.75, 3.05) is 13.7 Å². The van der Waals surface area contributed by atoms with Crippen molar-refractivity contribution < 1.29 is 5.11 Å². The zero-order chi connectivity index (χ0) is 12.3. The molecule has 2 N–H and O–H groups in total. The number of fused-ring (bicyclic) bond motifs is 1. The molecule has 0 atom stereocenters. The van der Waals surface area contributed by atoms with Gasteiger partial charge in [0.15, 0.2) is 0 Å². The number of aliphatic hydroxyl groups excluding tert-OH is 1. The quantitative estimate of drug-likeness (QED) is 0.858. The van der Waals surface area contributed by atoms with E-state index in [9.17, 15) is 0 Å². The second-order valence-corrected chi connectivity index (χ2v) is 4.55. The topological polar surface area (TPSA) is 37.2 Å². The highest BCUT2D eigenvalue weighted by Gasteiger charge is 2.08. The molecule has 0 bridgehead atoms. The van der Waals surface area contributed by atoms with Gasteiger partial charge < -0.3 is 15.0 Å². The summed E-state index contributed by atoms with van der Waals surface area (Å²) in [6.45, 7) is 1.86. The molecule has 2 aromatic rings. The Bertz CT molecular complexity index is 507. The van der Waals surface area contributed by atoms with E-state index in [2.05, 4.69) is 22.1 Å². The first-order valence-corrected chi connectivity index (χ1v) is 6.17. The number of hydrogen-bond acceptors (Lipinski definition) is 2. The molecule has 0 saturated carbocycles. The van der Waals surface area contributed by atoms with Crippen LogP contribution < -0.4 is 5.32 Å². The summed E-state index contributed by atoms with van der Waals surface area (Å²) >= 11 is 6.03. The molecule has 0 aliphatic heterocycles. The first kappa shape index (κ1) is 12.4. The van der Waals surface area contributed by atoms with E-state index in [0.717, 1.165) is 30.0 Å². The third kappa shape index (κ3) is 2.63. The Morgan fingerprint density at radius 3 is 2.94 bits per heavy atom. The predicted molar refractivity (Wildman–Crippen MR) is 71.4 cm³/mol. The maximum absolute atomic E-state index is 8.91. The number of aromatic nitrogens is 1. The van der Waals surface area contributed by atoms with Gasteiger partial charge in [0.05, 0.1) is 0 Å². The summed E-state index contributed by atoms with van der Waals surface area (Å²) in [5.74, 6) is 0. The standard InChI is InChI=1S/C13H17ClN2O/c1-15-8-10-9-16(5-2-6-17)13-7-11(14)3-4-12(10)13/h3-4,7,9,15,17H,2,5-6,8H2,1H3. The first-order chi connectivity index (χ1) is 8.26. The Kier molecular flexibility index (Phi) is 4.05. The van der Waals surface area contributed by atoms with Crippen LogP contribution in [0.3, 0.4) is 0 Å². The Labute approximate surface area is 106 Å². The van der Waals surface area contributed by atoms with Crippen molar-refractivity contribution in [2.24, 2.45) is 0 Å². The van der Waals surface area contributed by atoms with Gasteiger partial charge in [0.25, 0.3) is 0 Å². The van der Waals surface area contributed by atoms with Crippen molar-refractivity contribution in [2.45, 2.75) is 19.5 Å². The zero-order valence-corrected chi connectivity index (χ0v) is 10.7. The highest BCUT2D eigenvalue weighted by atomic mass is 35.5. The molecule has 4 heteroatoms. The average molecular weight is 253 g/mol. The van der Waals surface area contributed by atoms with E-state index in [1.165, 1.54) is 10.9 Å². The third-order valence-electron chi connectivity index (χ3n) is 2.85. The molecule has 0 fully saturated rings. The lowest BCUT2D eigenvalue weighted by Gasteiger charge is -2.03. The lowest BCUT2D eigenvalue weighted by molar-refractivity contribution is 0.280. The largest absolute Gasteiger partial charge is 0.396 e. The summed E-state index contributed by atoms with van der Waals surface area (Å²) in [6, 6.07) is 5.95. The molecule has 0 radical (unpaired) electrons. The fourth-order valence-electron chi connectivity index (χ4n) is 2.10. The lowest BCUT2D eigenvalue weighted by Crippen LogP contribution is -2.04. The van der Waals surface area contributed by atoms with Crippen LogP contribution in [0.4, 0.5) is 0 Å². The van der Waals surface area contributed by atoms with Crippen LogP contribution in [-0.2, 0) is 13.1 Å². The Morgan fingerprint density at radius 1 is 1.41 bits per heavy atom. The molecule has 0 aliphatic rings. The van der Waals surface area contributed by atoms with Gasteiger partial charge in [-0.15, -0.1) is 0 Å². The first-order valence-electron chi connectivity index (χ1n) is 5.79. The molecule has 0 spiro atoms. The molecule has 1 aromatic carbocycles. The van der Waals surface area contributed by atoms with Gasteiger partial charge in [0.1, 0.15) is 0 Å². The molecule has 0 amide bonds. The molecule has 3 nitrogen and oxygen atoms in total. The third-order valence-corrected chi connectivity index (χ3v) is 3.09. The summed E-state index contributed by atoms with van der Waals surface area (Å²) in [7, 11) is 1.94. The van der Waals surface area contributed by atoms with Crippen molar-refractivity contribution >= 4 is 22.5 Å². The van der Waals surface area contributed by atoms with Crippen LogP contribution in [0.25, 0.3) is 10.9 Å². The maximum Gasteiger partial charge on any atom is 0.0498 e. The Hall–Kier alpha value is -1.03. The van der Waals surface area contributed by atoms with E-state index < -0.39 is 0 Å². The molecule has 0 unspecified atom stereocenters. The van der Waals surface area contributed by atoms with Gasteiger partial charge in [-0.2, -0.15) is 0 Å². The van der Waals surface area contributed by atoms with Gasteiger partial charge in [0, 0.05) is 41.8 Å². The monoisotopic (exact) mass is 252 g/mol. The number of aliphatic hydroxyl groups is 1. The smallest absolute Gasteiger partial charge is 0.0498 e. The second kappa shape index (κ2) is 5.54. The molecular weight excluding hydrogens is 236 g/mol. The molecule has 1 heterocycles. The summed E-state index contributed by atoms with van der Waals surface area (Å²) in [5, 5.41) is 14.0. The van der Waals surface area contributed by atoms with Crippen molar-refractivity contribution in [3.05, 3.63) is 35.0 Å². The van der Waals surface area contributed by atoms with E-state index in [1.54, 1.807) is 0 Å². The van der Waals surface area contributed by atoms with E-state index >= 15 is 0 Å². The van der Waals surface area contributed by atoms with Crippen LogP contribution in [0.5, 0.6) is 0 Å². The van der Waals surface area contributed by atoms with Gasteiger partial charge in [-0.05, 0) is 31.2 Å². The SMILES string of the molecule is CNCc1cn(CCCO)c2cc(Cl)ccc12. The van der Waals surface area contributed by atoms with E-state index in [4.69, 9.17) is 16.7 Å². The van der Waals surface area contributed by atoms with Crippen LogP contribution in [0.15, 0.2) is 24.4 Å². The van der Waals surface area contributed by atoms with Crippen molar-refractivity contribution in [1.82, 2.24) is 9.88 Å². The van der Waals surface area contributed by atoms with Crippen molar-refractivity contribution in [3.8, 4) is 0 Å². The van der Waals surface area contributed by atoms with Gasteiger partial charge in [-0.3, -0.25) is 0 Å². The normalized spacial score (nSPS) is 11.2. The summed E-state index contributed by atoms with van der Waals surface area (Å²) in [5.41, 5.74) is 2.40. The summed E-state index contributed by atoms with van der Waals surface area (Å²) in [4.78, 5) is 0. The molecule has 17 heavy (non-hydrogen) atoms. The van der Waals surface area contributed by atoms with Gasteiger partial charge in [0.2, 0.25) is 0 Å². The number of aryl methyl sites for hydroxylation is 1.